The molecule has 0 aliphatic heterocycles. The summed E-state index contributed by atoms with van der Waals surface area (Å²) in [5, 5.41) is 12.8. The molecule has 0 amide bonds. The largest absolute Gasteiger partial charge is 0.478 e. The molecule has 4 rings (SSSR count). The van der Waals surface area contributed by atoms with Gasteiger partial charge in [0.15, 0.2) is 0 Å². The van der Waals surface area contributed by atoms with Crippen LogP contribution >= 0.6 is 11.8 Å². The number of benzene rings is 3. The third kappa shape index (κ3) is 2.85. The maximum Gasteiger partial charge on any atom is 0.336 e. The molecule has 3 nitrogen and oxygen atoms in total. The number of carboxylic acid groups (broad SMARTS) is 1. The normalized spacial score (nSPS) is 11.1. The monoisotopic (exact) mass is 345 g/mol. The number of rotatable bonds is 3. The predicted octanol–water partition coefficient (Wildman–Crippen LogP) is 5.55. The first-order valence-electron chi connectivity index (χ1n) is 7.93. The van der Waals surface area contributed by atoms with E-state index >= 15 is 0 Å². The van der Waals surface area contributed by atoms with Gasteiger partial charge in [0.1, 0.15) is 0 Å². The zero-order chi connectivity index (χ0) is 17.4. The van der Waals surface area contributed by atoms with Gasteiger partial charge in [-0.1, -0.05) is 54.2 Å². The summed E-state index contributed by atoms with van der Waals surface area (Å²) in [6, 6.07) is 21.4. The minimum Gasteiger partial charge on any atom is -0.478 e. The van der Waals surface area contributed by atoms with Crippen LogP contribution in [0.4, 0.5) is 0 Å². The van der Waals surface area contributed by atoms with Crippen LogP contribution in [0.3, 0.4) is 0 Å². The number of hydrogen-bond acceptors (Lipinski definition) is 3. The molecule has 0 saturated heterocycles. The van der Waals surface area contributed by atoms with Crippen molar-refractivity contribution < 1.29 is 9.90 Å². The Bertz CT molecular complexity index is 1120. The van der Waals surface area contributed by atoms with Gasteiger partial charge in [0.2, 0.25) is 0 Å². The summed E-state index contributed by atoms with van der Waals surface area (Å²) in [4.78, 5) is 17.9. The van der Waals surface area contributed by atoms with Gasteiger partial charge >= 0.3 is 5.97 Å². The van der Waals surface area contributed by atoms with Crippen molar-refractivity contribution in [3.63, 3.8) is 0 Å². The van der Waals surface area contributed by atoms with Crippen LogP contribution in [0.1, 0.15) is 16.1 Å². The Kier molecular flexibility index (Phi) is 3.90. The lowest BCUT2D eigenvalue weighted by Gasteiger charge is -2.12. The quantitative estimate of drug-likeness (QED) is 0.495. The van der Waals surface area contributed by atoms with Gasteiger partial charge in [0.25, 0.3) is 0 Å². The van der Waals surface area contributed by atoms with Crippen molar-refractivity contribution in [2.24, 2.45) is 0 Å². The molecule has 0 saturated carbocycles. The number of aromatic nitrogens is 1. The van der Waals surface area contributed by atoms with Gasteiger partial charge < -0.3 is 5.11 Å². The average molecular weight is 345 g/mol. The van der Waals surface area contributed by atoms with Crippen molar-refractivity contribution in [2.75, 3.05) is 0 Å². The second-order valence-corrected chi connectivity index (χ2v) is 6.93. The number of fused-ring (bicyclic) bond motifs is 3. The lowest BCUT2D eigenvalue weighted by Crippen LogP contribution is -1.98. The number of pyridine rings is 1. The second-order valence-electron chi connectivity index (χ2n) is 5.85. The molecule has 0 aliphatic carbocycles. The van der Waals surface area contributed by atoms with E-state index in [1.165, 1.54) is 11.8 Å². The van der Waals surface area contributed by atoms with Crippen molar-refractivity contribution in [1.82, 2.24) is 4.98 Å². The van der Waals surface area contributed by atoms with Crippen LogP contribution in [-0.2, 0) is 0 Å². The Morgan fingerprint density at radius 3 is 2.56 bits per heavy atom. The third-order valence-electron chi connectivity index (χ3n) is 4.13. The Labute approximate surface area is 149 Å². The zero-order valence-corrected chi connectivity index (χ0v) is 14.4. The lowest BCUT2D eigenvalue weighted by atomic mass is 10.0. The summed E-state index contributed by atoms with van der Waals surface area (Å²) < 4.78 is 0. The molecular weight excluding hydrogens is 330 g/mol. The summed E-state index contributed by atoms with van der Waals surface area (Å²) in [5.74, 6) is -0.914. The fourth-order valence-electron chi connectivity index (χ4n) is 3.03. The Hall–Kier alpha value is -2.85. The summed E-state index contributed by atoms with van der Waals surface area (Å²) in [6.07, 6.45) is 0. The molecule has 1 aromatic heterocycles. The van der Waals surface area contributed by atoms with Crippen molar-refractivity contribution in [3.05, 3.63) is 78.0 Å². The van der Waals surface area contributed by atoms with Crippen LogP contribution < -0.4 is 0 Å². The maximum atomic E-state index is 11.5. The first-order chi connectivity index (χ1) is 12.1. The molecule has 0 unspecified atom stereocenters. The number of carboxylic acids is 1. The van der Waals surface area contributed by atoms with E-state index in [1.54, 1.807) is 12.1 Å². The number of carbonyl (C=O) groups is 1. The molecule has 4 heteroatoms. The maximum absolute atomic E-state index is 11.5. The van der Waals surface area contributed by atoms with E-state index in [4.69, 9.17) is 0 Å². The fraction of sp³-hybridized carbons (Fsp3) is 0.0476. The molecular formula is C21H15NO2S. The Morgan fingerprint density at radius 2 is 1.72 bits per heavy atom. The minimum atomic E-state index is -0.914. The third-order valence-corrected chi connectivity index (χ3v) is 5.25. The minimum absolute atomic E-state index is 0.315. The molecule has 4 aromatic rings. The molecule has 0 fully saturated rings. The van der Waals surface area contributed by atoms with Gasteiger partial charge in [-0.2, -0.15) is 0 Å². The van der Waals surface area contributed by atoms with Gasteiger partial charge in [0.05, 0.1) is 11.1 Å². The van der Waals surface area contributed by atoms with Gasteiger partial charge in [-0.3, -0.25) is 4.98 Å². The van der Waals surface area contributed by atoms with Gasteiger partial charge in [0, 0.05) is 20.9 Å². The van der Waals surface area contributed by atoms with Crippen molar-refractivity contribution in [2.45, 2.75) is 16.7 Å². The molecule has 3 aromatic carbocycles. The summed E-state index contributed by atoms with van der Waals surface area (Å²) >= 11 is 1.48. The van der Waals surface area contributed by atoms with Crippen molar-refractivity contribution in [3.8, 4) is 0 Å². The number of hydrogen-bond donors (Lipinski definition) is 1. The van der Waals surface area contributed by atoms with E-state index in [2.05, 4.69) is 23.2 Å². The SMILES string of the molecule is Cc1cc(Sc2ccccc2C(=O)O)c2c(ccc3ccccc32)n1. The fourth-order valence-corrected chi connectivity index (χ4v) is 4.22. The van der Waals surface area contributed by atoms with Crippen molar-refractivity contribution in [1.29, 1.82) is 0 Å². The first-order valence-corrected chi connectivity index (χ1v) is 8.74. The topological polar surface area (TPSA) is 50.2 Å². The molecule has 0 bridgehead atoms. The van der Waals surface area contributed by atoms with E-state index in [9.17, 15) is 9.90 Å². The Morgan fingerprint density at radius 1 is 0.960 bits per heavy atom. The molecule has 0 spiro atoms. The molecule has 122 valence electrons. The highest BCUT2D eigenvalue weighted by atomic mass is 32.2. The molecule has 0 radical (unpaired) electrons. The van der Waals surface area contributed by atoms with E-state index in [1.807, 2.05) is 43.3 Å². The highest BCUT2D eigenvalue weighted by Crippen LogP contribution is 2.38. The first kappa shape index (κ1) is 15.7. The van der Waals surface area contributed by atoms with E-state index in [-0.39, 0.29) is 0 Å². The number of nitrogens with zero attached hydrogens (tertiary/aromatic N) is 1. The van der Waals surface area contributed by atoms with Crippen LogP contribution in [0.25, 0.3) is 21.7 Å². The summed E-state index contributed by atoms with van der Waals surface area (Å²) in [5.41, 5.74) is 2.16. The van der Waals surface area contributed by atoms with E-state index in [0.717, 1.165) is 37.2 Å². The van der Waals surface area contributed by atoms with Gasteiger partial charge in [-0.15, -0.1) is 0 Å². The van der Waals surface area contributed by atoms with Gasteiger partial charge in [-0.25, -0.2) is 4.79 Å². The highest BCUT2D eigenvalue weighted by molar-refractivity contribution is 7.99. The number of aromatic carboxylic acids is 1. The van der Waals surface area contributed by atoms with Crippen LogP contribution in [0.15, 0.2) is 76.5 Å². The van der Waals surface area contributed by atoms with Crippen LogP contribution in [-0.4, -0.2) is 16.1 Å². The Balaban J connectivity index is 1.98. The average Bonchev–Trinajstić information content (AvgIpc) is 2.61. The van der Waals surface area contributed by atoms with Crippen LogP contribution in [0, 0.1) is 6.92 Å². The second kappa shape index (κ2) is 6.22. The predicted molar refractivity (Wildman–Crippen MR) is 102 cm³/mol. The lowest BCUT2D eigenvalue weighted by molar-refractivity contribution is 0.0693. The molecule has 1 heterocycles. The van der Waals surface area contributed by atoms with E-state index < -0.39 is 5.97 Å². The molecule has 1 N–H and O–H groups in total. The zero-order valence-electron chi connectivity index (χ0n) is 13.6. The highest BCUT2D eigenvalue weighted by Gasteiger charge is 2.14. The van der Waals surface area contributed by atoms with Crippen LogP contribution in [0.5, 0.6) is 0 Å². The van der Waals surface area contributed by atoms with Crippen molar-refractivity contribution >= 4 is 39.4 Å². The smallest absolute Gasteiger partial charge is 0.336 e. The molecule has 0 aliphatic rings. The summed E-state index contributed by atoms with van der Waals surface area (Å²) in [7, 11) is 0. The standard InChI is InChI=1S/C21H15NO2S/c1-13-12-19(25-18-9-5-4-8-16(18)21(23)24)20-15-7-3-2-6-14(15)10-11-17(20)22-13/h2-12H,1H3,(H,23,24). The van der Waals surface area contributed by atoms with E-state index in [0.29, 0.717) is 5.56 Å². The summed E-state index contributed by atoms with van der Waals surface area (Å²) in [6.45, 7) is 1.96. The van der Waals surface area contributed by atoms with Gasteiger partial charge in [-0.05, 0) is 42.0 Å². The van der Waals surface area contributed by atoms with Crippen LogP contribution in [0.2, 0.25) is 0 Å². The number of aryl methyl sites for hydroxylation is 1. The molecule has 25 heavy (non-hydrogen) atoms. The molecule has 0 atom stereocenters.